The van der Waals surface area contributed by atoms with Gasteiger partial charge in [-0.15, -0.1) is 0 Å². The summed E-state index contributed by atoms with van der Waals surface area (Å²) in [5.74, 6) is 5.21. The Morgan fingerprint density at radius 1 is 0.315 bits per heavy atom. The molecule has 1 fully saturated rings. The molecule has 4 atom stereocenters. The van der Waals surface area contributed by atoms with Crippen molar-refractivity contribution < 1.29 is 40.1 Å². The van der Waals surface area contributed by atoms with Gasteiger partial charge in [0.2, 0.25) is 89.2 Å². The maximum absolute atomic E-state index is 13.9. The lowest BCUT2D eigenvalue weighted by atomic mass is 10.0. The molecule has 48 heteroatoms. The van der Waals surface area contributed by atoms with Gasteiger partial charge in [-0.05, 0) is 214 Å². The number of aliphatic hydroxyl groups is 7. The lowest BCUT2D eigenvalue weighted by molar-refractivity contribution is -0.112. The highest BCUT2D eigenvalue weighted by molar-refractivity contribution is 5.70. The standard InChI is InChI=1S/C22H30N8O5.C21H29N9.C21H26N8.C17H18FN7O.C17H20N8O/c1-30(10-16(32)18(34)19(35)17(33)11-31)22-28-20(25-14-6-2-4-12(23)8-14)27-21(29-22)26-15-7-3-5-13(24)9-15;22-11-3-1-2-4-12-25-19-28-20(26-17-9-5-7-15(23)13-17)30-21(29-19)27-18-10-6-8-16(24)14-18;22-16-5-3-6-17(12-16)26-21-28-19(27-20(29-21)25-13-14-8-9-14)24-11-10-15-4-1-2-7-18(15)23;18-13-6-1-2-7-14(13)22-17-24-15(20-8-9-26)23-16(25-17)21-12-5-3-4-11(19)10-12;18-11-3-1-5-13(9-11)21-16-23-15(20-7-8-26)24-17(25-16)22-14-6-2-4-12(19)10-14/h2-9,16-19,31-35H,10-11,23-24H2,1H3,(H2,25,26,27,28,29);5-10,13-14H,1-4,11-12,22-24H2,(H3,25,26,27,28,29,30);1-7,12,14H,8-11,13,22-23H2,(H3,24,25,26,27,28,29);1-7,10,26H,8-9,19H2,(H3,20,21,22,23,24,25);1-6,9-10,26H,7-8,18-19H2,(H3,20,21,22,23,24,25)/t16-,17+,18+,19+;;;;/m0..../s1. The Kier molecular flexibility index (Phi) is 40.5. The highest BCUT2D eigenvalue weighted by atomic mass is 19.1. The fraction of sp³-hybridized carbons (Fsp3) is 0.235. The number of nitrogens with two attached hydrogens (primary N) is 10. The summed E-state index contributed by atoms with van der Waals surface area (Å²) in [7, 11) is 1.56. The first-order valence-corrected chi connectivity index (χ1v) is 46.5. The highest BCUT2D eigenvalue weighted by Gasteiger charge is 2.32. The first kappa shape index (κ1) is 107. The van der Waals surface area contributed by atoms with Gasteiger partial charge in [0.15, 0.2) is 0 Å². The van der Waals surface area contributed by atoms with E-state index in [1.165, 1.54) is 23.8 Å². The Morgan fingerprint density at radius 3 is 0.925 bits per heavy atom. The van der Waals surface area contributed by atoms with Gasteiger partial charge in [0.25, 0.3) is 0 Å². The van der Waals surface area contributed by atoms with Crippen LogP contribution in [0.2, 0.25) is 0 Å². The molecule has 764 valence electrons. The maximum Gasteiger partial charge on any atom is 0.233 e. The average molecular weight is 1990 g/mol. The Hall–Kier alpha value is -17.9. The van der Waals surface area contributed by atoms with Crippen molar-refractivity contribution in [2.45, 2.75) is 69.4 Å². The number of nitrogens with zero attached hydrogens (tertiary/aromatic N) is 16. The third kappa shape index (κ3) is 36.6. The number of rotatable bonds is 45. The smallest absolute Gasteiger partial charge is 0.233 e. The molecule has 0 unspecified atom stereocenters. The number of aliphatic hydroxyl groups excluding tert-OH is 7. The third-order valence-electron chi connectivity index (χ3n) is 20.7. The minimum atomic E-state index is -1.75. The van der Waals surface area contributed by atoms with Gasteiger partial charge in [-0.25, -0.2) is 4.39 Å². The van der Waals surface area contributed by atoms with Crippen LogP contribution in [0.4, 0.5) is 196 Å². The van der Waals surface area contributed by atoms with Crippen LogP contribution < -0.4 is 137 Å². The largest absolute Gasteiger partial charge is 0.399 e. The summed E-state index contributed by atoms with van der Waals surface area (Å²) < 4.78 is 13.9. The number of likely N-dealkylation sites (N-methyl/N-ethyl adjacent to an activating group) is 1. The van der Waals surface area contributed by atoms with Crippen LogP contribution in [0, 0.1) is 11.7 Å². The summed E-state index contributed by atoms with van der Waals surface area (Å²) >= 11 is 0. The van der Waals surface area contributed by atoms with Crippen LogP contribution in [0.25, 0.3) is 0 Å². The summed E-state index contributed by atoms with van der Waals surface area (Å²) in [6.07, 6.45) is 1.02. The molecule has 0 amide bonds. The van der Waals surface area contributed by atoms with E-state index in [4.69, 9.17) is 72.7 Å². The molecule has 15 aromatic rings. The summed E-state index contributed by atoms with van der Waals surface area (Å²) in [5, 5.41) is 110. The normalized spacial score (nSPS) is 12.0. The Morgan fingerprint density at radius 2 is 0.603 bits per heavy atom. The van der Waals surface area contributed by atoms with Crippen LogP contribution in [0.3, 0.4) is 0 Å². The van der Waals surface area contributed by atoms with Gasteiger partial charge < -0.3 is 172 Å². The SMILES string of the molecule is CN(C[C@H](O)[C@@H](O)[C@H](O)[C@H](O)CO)c1nc(Nc2cccc(N)c2)nc(Nc2cccc(N)c2)n1.NCCCCCCNc1nc(Nc2cccc(N)c2)nc(Nc2cccc(N)c2)n1.Nc1cccc(Nc2nc(NCCO)nc(Nc3cccc(N)c3)n2)c1.Nc1cccc(Nc2nc(NCCO)nc(Nc3ccccc3F)n2)c1.Nc1cccc(Nc2nc(NCCc3ccccc3N)nc(NCC3CC3)n2)c1. The van der Waals surface area contributed by atoms with Crippen molar-refractivity contribution in [3.8, 4) is 0 Å². The van der Waals surface area contributed by atoms with Crippen LogP contribution in [-0.4, -0.2) is 208 Å². The maximum atomic E-state index is 13.9. The Bertz CT molecular complexity index is 6440. The molecule has 0 spiro atoms. The number of nitrogen functional groups attached to an aromatic ring is 9. The number of hydrogen-bond donors (Lipinski definition) is 31. The number of anilines is 33. The van der Waals surface area contributed by atoms with E-state index in [9.17, 15) is 24.8 Å². The molecule has 1 saturated carbocycles. The molecular weight excluding hydrogens is 1870 g/mol. The lowest BCUT2D eigenvalue weighted by Gasteiger charge is -2.28. The zero-order valence-corrected chi connectivity index (χ0v) is 79.9. The summed E-state index contributed by atoms with van der Waals surface area (Å²) in [5.41, 5.74) is 71.1. The number of hydrogen-bond acceptors (Lipinski definition) is 47. The van der Waals surface area contributed by atoms with Crippen LogP contribution in [0.5, 0.6) is 0 Å². The molecule has 0 radical (unpaired) electrons. The fourth-order valence-corrected chi connectivity index (χ4v) is 13.4. The van der Waals surface area contributed by atoms with Gasteiger partial charge >= 0.3 is 0 Å². The molecule has 0 aliphatic heterocycles. The zero-order valence-electron chi connectivity index (χ0n) is 79.9. The van der Waals surface area contributed by atoms with E-state index in [2.05, 4.69) is 149 Å². The predicted molar refractivity (Wildman–Crippen MR) is 578 cm³/mol. The fourth-order valence-electron chi connectivity index (χ4n) is 13.4. The molecule has 47 nitrogen and oxygen atoms in total. The molecule has 0 bridgehead atoms. The predicted octanol–water partition coefficient (Wildman–Crippen LogP) is 10.5. The van der Waals surface area contributed by atoms with Crippen LogP contribution in [0.15, 0.2) is 243 Å². The molecule has 16 rings (SSSR count). The zero-order chi connectivity index (χ0) is 103. The second-order valence-corrected chi connectivity index (χ2v) is 32.9. The summed E-state index contributed by atoms with van der Waals surface area (Å²) in [4.78, 5) is 67.1. The minimum Gasteiger partial charge on any atom is -0.399 e. The van der Waals surface area contributed by atoms with Crippen LogP contribution in [0.1, 0.15) is 44.1 Å². The van der Waals surface area contributed by atoms with Crippen molar-refractivity contribution in [2.75, 3.05) is 204 Å². The summed E-state index contributed by atoms with van der Waals surface area (Å²) in [6.45, 7) is 2.52. The van der Waals surface area contributed by atoms with Crippen molar-refractivity contribution in [3.63, 3.8) is 0 Å². The van der Waals surface area contributed by atoms with Gasteiger partial charge in [-0.3, -0.25) is 0 Å². The number of halogens is 1. The second kappa shape index (κ2) is 55.3. The molecular formula is C98H123FN40O7. The number of nitrogens with one attached hydrogen (secondary N) is 14. The van der Waals surface area contributed by atoms with Crippen molar-refractivity contribution in [1.29, 1.82) is 0 Å². The van der Waals surface area contributed by atoms with Gasteiger partial charge in [0.1, 0.15) is 30.2 Å². The molecule has 5 heterocycles. The lowest BCUT2D eigenvalue weighted by Crippen LogP contribution is -2.49. The molecule has 1 aliphatic carbocycles. The van der Waals surface area contributed by atoms with Gasteiger partial charge in [-0.1, -0.05) is 91.7 Å². The topological polar surface area (TPSA) is 767 Å². The van der Waals surface area contributed by atoms with E-state index in [0.29, 0.717) is 129 Å². The number of aromatic nitrogens is 15. The van der Waals surface area contributed by atoms with Crippen molar-refractivity contribution >= 4 is 192 Å². The number of para-hydroxylation sites is 2. The highest BCUT2D eigenvalue weighted by Crippen LogP contribution is 2.32. The van der Waals surface area contributed by atoms with Crippen molar-refractivity contribution in [3.05, 3.63) is 254 Å². The monoisotopic (exact) mass is 1990 g/mol. The van der Waals surface area contributed by atoms with E-state index in [1.807, 2.05) is 127 Å². The Balaban J connectivity index is 0.000000163. The third-order valence-corrected chi connectivity index (χ3v) is 20.7. The first-order valence-electron chi connectivity index (χ1n) is 46.5. The Labute approximate surface area is 841 Å². The van der Waals surface area contributed by atoms with E-state index in [0.717, 1.165) is 97.3 Å². The molecule has 5 aromatic heterocycles. The van der Waals surface area contributed by atoms with E-state index in [-0.39, 0.29) is 67.7 Å². The van der Waals surface area contributed by atoms with E-state index in [1.54, 1.807) is 116 Å². The van der Waals surface area contributed by atoms with Crippen molar-refractivity contribution in [2.24, 2.45) is 11.7 Å². The van der Waals surface area contributed by atoms with E-state index < -0.39 is 36.8 Å². The molecule has 0 saturated heterocycles. The quantitative estimate of drug-likeness (QED) is 0.0124. The second-order valence-electron chi connectivity index (χ2n) is 32.9. The molecule has 1 aliphatic rings. The van der Waals surface area contributed by atoms with Gasteiger partial charge in [-0.2, -0.15) is 74.8 Å². The molecule has 146 heavy (non-hydrogen) atoms. The van der Waals surface area contributed by atoms with Crippen LogP contribution in [-0.2, 0) is 6.42 Å². The first-order chi connectivity index (χ1) is 70.7. The molecule has 41 N–H and O–H groups in total. The van der Waals surface area contributed by atoms with Gasteiger partial charge in [0.05, 0.1) is 25.5 Å². The number of benzene rings is 10. The summed E-state index contributed by atoms with van der Waals surface area (Å²) in [6, 6.07) is 71.9. The van der Waals surface area contributed by atoms with E-state index >= 15 is 0 Å². The molecule has 10 aromatic carbocycles. The van der Waals surface area contributed by atoms with Crippen molar-refractivity contribution in [1.82, 2.24) is 74.8 Å². The number of unbranched alkanes of at least 4 members (excludes halogenated alkanes) is 3. The van der Waals surface area contributed by atoms with Crippen LogP contribution >= 0.6 is 0 Å². The van der Waals surface area contributed by atoms with Gasteiger partial charge in [0, 0.05) is 143 Å². The minimum absolute atomic E-state index is 0.0400. The average Bonchev–Trinajstić information content (AvgIpc) is 1.16.